The van der Waals surface area contributed by atoms with E-state index < -0.39 is 0 Å². The highest BCUT2D eigenvalue weighted by molar-refractivity contribution is 5.77. The minimum absolute atomic E-state index is 0.0199. The number of carbonyl (C=O) groups excluding carboxylic acids is 1. The van der Waals surface area contributed by atoms with E-state index in [2.05, 4.69) is 10.1 Å². The molecule has 3 heterocycles. The number of pyridine rings is 1. The van der Waals surface area contributed by atoms with E-state index in [-0.39, 0.29) is 24.7 Å². The van der Waals surface area contributed by atoms with Crippen LogP contribution < -0.4 is 0 Å². The van der Waals surface area contributed by atoms with Crippen LogP contribution in [0.15, 0.2) is 36.8 Å². The molecule has 1 aliphatic carbocycles. The van der Waals surface area contributed by atoms with Crippen molar-refractivity contribution in [3.63, 3.8) is 0 Å². The largest absolute Gasteiger partial charge is 0.370 e. The molecule has 1 atom stereocenters. The Morgan fingerprint density at radius 2 is 2.00 bits per heavy atom. The van der Waals surface area contributed by atoms with Crippen molar-refractivity contribution in [2.24, 2.45) is 0 Å². The van der Waals surface area contributed by atoms with Gasteiger partial charge in [0.2, 0.25) is 5.91 Å². The Hall–Kier alpha value is -2.25. The Morgan fingerprint density at radius 1 is 1.11 bits per heavy atom. The maximum Gasteiger partial charge on any atom is 0.249 e. The monoisotopic (exact) mass is 370 g/mol. The second-order valence-electron chi connectivity index (χ2n) is 7.29. The summed E-state index contributed by atoms with van der Waals surface area (Å²) in [6.45, 7) is 2.33. The highest BCUT2D eigenvalue weighted by Gasteiger charge is 2.27. The molecule has 1 aliphatic heterocycles. The SMILES string of the molecule is O=C(COC1CCCC1)N1Cc2ccnn2C[C@H](OCc2cccnc2)C1. The molecule has 0 radical (unpaired) electrons. The van der Waals surface area contributed by atoms with Crippen LogP contribution in [0.4, 0.5) is 0 Å². The van der Waals surface area contributed by atoms with Gasteiger partial charge in [0.25, 0.3) is 0 Å². The lowest BCUT2D eigenvalue weighted by molar-refractivity contribution is -0.140. The summed E-state index contributed by atoms with van der Waals surface area (Å²) in [5.74, 6) is 0.0199. The summed E-state index contributed by atoms with van der Waals surface area (Å²) in [7, 11) is 0. The van der Waals surface area contributed by atoms with E-state index in [0.717, 1.165) is 24.1 Å². The fraction of sp³-hybridized carbons (Fsp3) is 0.550. The Morgan fingerprint density at radius 3 is 2.81 bits per heavy atom. The van der Waals surface area contributed by atoms with Gasteiger partial charge in [0.15, 0.2) is 0 Å². The van der Waals surface area contributed by atoms with Gasteiger partial charge in [-0.15, -0.1) is 0 Å². The molecule has 2 aromatic rings. The molecule has 7 nitrogen and oxygen atoms in total. The van der Waals surface area contributed by atoms with Gasteiger partial charge in [-0.1, -0.05) is 18.9 Å². The third kappa shape index (κ3) is 4.73. The first-order valence-electron chi connectivity index (χ1n) is 9.68. The van der Waals surface area contributed by atoms with Crippen molar-refractivity contribution in [1.82, 2.24) is 19.7 Å². The maximum atomic E-state index is 12.8. The van der Waals surface area contributed by atoms with Gasteiger partial charge >= 0.3 is 0 Å². The summed E-state index contributed by atoms with van der Waals surface area (Å²) < 4.78 is 13.9. The molecule has 0 saturated heterocycles. The second-order valence-corrected chi connectivity index (χ2v) is 7.29. The smallest absolute Gasteiger partial charge is 0.249 e. The molecule has 0 N–H and O–H groups in total. The van der Waals surface area contributed by atoms with Crippen LogP contribution in [-0.4, -0.2) is 50.9 Å². The van der Waals surface area contributed by atoms with Gasteiger partial charge < -0.3 is 14.4 Å². The summed E-state index contributed by atoms with van der Waals surface area (Å²) in [6, 6.07) is 5.84. The van der Waals surface area contributed by atoms with E-state index >= 15 is 0 Å². The number of nitrogens with zero attached hydrogens (tertiary/aromatic N) is 4. The molecule has 2 aliphatic rings. The quantitative estimate of drug-likeness (QED) is 0.779. The third-order valence-electron chi connectivity index (χ3n) is 5.26. The van der Waals surface area contributed by atoms with Crippen molar-refractivity contribution in [2.45, 2.75) is 57.6 Å². The molecule has 0 spiro atoms. The van der Waals surface area contributed by atoms with E-state index in [1.165, 1.54) is 12.8 Å². The van der Waals surface area contributed by atoms with Crippen molar-refractivity contribution in [3.05, 3.63) is 48.0 Å². The molecule has 2 aromatic heterocycles. The molecule has 0 unspecified atom stereocenters. The number of hydrogen-bond donors (Lipinski definition) is 0. The average molecular weight is 370 g/mol. The lowest BCUT2D eigenvalue weighted by atomic mass is 10.3. The van der Waals surface area contributed by atoms with Crippen LogP contribution in [-0.2, 0) is 34.0 Å². The topological polar surface area (TPSA) is 69.5 Å². The predicted octanol–water partition coefficient (Wildman–Crippen LogP) is 2.16. The molecule has 27 heavy (non-hydrogen) atoms. The van der Waals surface area contributed by atoms with Crippen LogP contribution in [0.2, 0.25) is 0 Å². The maximum absolute atomic E-state index is 12.8. The van der Waals surface area contributed by atoms with E-state index in [0.29, 0.717) is 26.2 Å². The Labute approximate surface area is 159 Å². The molecule has 1 saturated carbocycles. The number of ether oxygens (including phenoxy) is 2. The molecular formula is C20H26N4O3. The van der Waals surface area contributed by atoms with Crippen molar-refractivity contribution in [2.75, 3.05) is 13.2 Å². The zero-order valence-electron chi connectivity index (χ0n) is 15.5. The number of amides is 1. The second kappa shape index (κ2) is 8.63. The lowest BCUT2D eigenvalue weighted by Gasteiger charge is -2.25. The molecule has 1 fully saturated rings. The fourth-order valence-electron chi connectivity index (χ4n) is 3.74. The Balaban J connectivity index is 1.39. The average Bonchev–Trinajstić information content (AvgIpc) is 3.34. The molecule has 7 heteroatoms. The number of carbonyl (C=O) groups is 1. The van der Waals surface area contributed by atoms with Gasteiger partial charge in [0.05, 0.1) is 37.6 Å². The molecule has 4 rings (SSSR count). The standard InChI is InChI=1S/C20H26N4O3/c25-20(15-27-18-5-1-2-6-18)23-11-17-7-9-22-24(17)13-19(12-23)26-14-16-4-3-8-21-10-16/h3-4,7-10,18-19H,1-2,5-6,11-15H2/t19-/m1/s1. The minimum atomic E-state index is -0.123. The third-order valence-corrected chi connectivity index (χ3v) is 5.26. The van der Waals surface area contributed by atoms with Crippen molar-refractivity contribution >= 4 is 5.91 Å². The summed E-state index contributed by atoms with van der Waals surface area (Å²) in [5.41, 5.74) is 2.04. The lowest BCUT2D eigenvalue weighted by Crippen LogP contribution is -2.39. The van der Waals surface area contributed by atoms with E-state index in [9.17, 15) is 4.79 Å². The molecular weight excluding hydrogens is 344 g/mol. The highest BCUT2D eigenvalue weighted by atomic mass is 16.5. The zero-order valence-corrected chi connectivity index (χ0v) is 15.5. The van der Waals surface area contributed by atoms with Gasteiger partial charge in [-0.3, -0.25) is 14.5 Å². The number of fused-ring (bicyclic) bond motifs is 1. The molecule has 0 bridgehead atoms. The van der Waals surface area contributed by atoms with Gasteiger partial charge in [0.1, 0.15) is 6.61 Å². The number of aromatic nitrogens is 3. The predicted molar refractivity (Wildman–Crippen MR) is 98.7 cm³/mol. The normalized spacial score (nSPS) is 20.4. The summed E-state index contributed by atoms with van der Waals surface area (Å²) >= 11 is 0. The first kappa shape index (κ1) is 18.1. The summed E-state index contributed by atoms with van der Waals surface area (Å²) in [5, 5.41) is 4.38. The molecule has 0 aromatic carbocycles. The van der Waals surface area contributed by atoms with Crippen LogP contribution >= 0.6 is 0 Å². The van der Waals surface area contributed by atoms with E-state index in [4.69, 9.17) is 9.47 Å². The Bertz CT molecular complexity index is 743. The summed E-state index contributed by atoms with van der Waals surface area (Å²) in [6.07, 6.45) is 9.97. The number of rotatable bonds is 6. The number of hydrogen-bond acceptors (Lipinski definition) is 5. The highest BCUT2D eigenvalue weighted by Crippen LogP contribution is 2.21. The van der Waals surface area contributed by atoms with Crippen LogP contribution in [0.1, 0.15) is 36.9 Å². The van der Waals surface area contributed by atoms with Crippen LogP contribution in [0.3, 0.4) is 0 Å². The van der Waals surface area contributed by atoms with Crippen LogP contribution in [0.25, 0.3) is 0 Å². The first-order valence-corrected chi connectivity index (χ1v) is 9.68. The van der Waals surface area contributed by atoms with E-state index in [1.54, 1.807) is 18.6 Å². The molecule has 144 valence electrons. The Kier molecular flexibility index (Phi) is 5.79. The summed E-state index contributed by atoms with van der Waals surface area (Å²) in [4.78, 5) is 18.7. The minimum Gasteiger partial charge on any atom is -0.370 e. The zero-order chi connectivity index (χ0) is 18.5. The van der Waals surface area contributed by atoms with Crippen LogP contribution in [0, 0.1) is 0 Å². The van der Waals surface area contributed by atoms with Crippen molar-refractivity contribution in [1.29, 1.82) is 0 Å². The van der Waals surface area contributed by atoms with Gasteiger partial charge in [-0.05, 0) is 30.5 Å². The van der Waals surface area contributed by atoms with Gasteiger partial charge in [0, 0.05) is 25.1 Å². The van der Waals surface area contributed by atoms with Crippen molar-refractivity contribution < 1.29 is 14.3 Å². The fourth-order valence-corrected chi connectivity index (χ4v) is 3.74. The first-order chi connectivity index (χ1) is 13.3. The van der Waals surface area contributed by atoms with Crippen LogP contribution in [0.5, 0.6) is 0 Å². The van der Waals surface area contributed by atoms with Crippen molar-refractivity contribution in [3.8, 4) is 0 Å². The molecule has 1 amide bonds. The van der Waals surface area contributed by atoms with Gasteiger partial charge in [-0.2, -0.15) is 5.10 Å². The van der Waals surface area contributed by atoms with Gasteiger partial charge in [-0.25, -0.2) is 0 Å². The van der Waals surface area contributed by atoms with E-state index in [1.807, 2.05) is 27.8 Å².